The fourth-order valence-electron chi connectivity index (χ4n) is 1.55. The molecule has 74 valence electrons. The summed E-state index contributed by atoms with van der Waals surface area (Å²) in [4.78, 5) is 12.3. The summed E-state index contributed by atoms with van der Waals surface area (Å²) in [6.45, 7) is 1.80. The minimum atomic E-state index is -1.05. The molecule has 0 aromatic heterocycles. The number of hydrogen-bond acceptors (Lipinski definition) is 2. The third kappa shape index (κ3) is 1.51. The number of carbonyl (C=O) groups excluding carboxylic acids is 1. The molecule has 14 heavy (non-hydrogen) atoms. The first-order chi connectivity index (χ1) is 6.59. The minimum Gasteiger partial charge on any atom is -0.294 e. The zero-order valence-electron chi connectivity index (χ0n) is 7.62. The summed E-state index contributed by atoms with van der Waals surface area (Å²) in [5.41, 5.74) is 0.523. The highest BCUT2D eigenvalue weighted by atomic mass is 35.5. The van der Waals surface area contributed by atoms with Crippen LogP contribution in [0.5, 0.6) is 0 Å². The summed E-state index contributed by atoms with van der Waals surface area (Å²) in [6.07, 6.45) is 0. The van der Waals surface area contributed by atoms with E-state index in [1.54, 1.807) is 25.1 Å². The van der Waals surface area contributed by atoms with Crippen LogP contribution in [0.1, 0.15) is 17.3 Å². The molecule has 0 radical (unpaired) electrons. The summed E-state index contributed by atoms with van der Waals surface area (Å²) in [6, 6.07) is 4.95. The van der Waals surface area contributed by atoms with E-state index in [1.807, 2.05) is 0 Å². The largest absolute Gasteiger partial charge is 0.294 e. The Kier molecular flexibility index (Phi) is 2.45. The van der Waals surface area contributed by atoms with E-state index >= 15 is 0 Å². The van der Waals surface area contributed by atoms with Crippen LogP contribution < -0.4 is 0 Å². The van der Waals surface area contributed by atoms with Crippen LogP contribution in [0.25, 0.3) is 0 Å². The molecular formula is C10H9ClO2S. The van der Waals surface area contributed by atoms with Crippen molar-refractivity contribution in [1.82, 2.24) is 0 Å². The first kappa shape index (κ1) is 9.87. The molecule has 0 spiro atoms. The first-order valence-electron chi connectivity index (χ1n) is 4.31. The van der Waals surface area contributed by atoms with Crippen LogP contribution in [-0.2, 0) is 10.8 Å². The van der Waals surface area contributed by atoms with Gasteiger partial charge in [0, 0.05) is 27.2 Å². The second-order valence-corrected chi connectivity index (χ2v) is 5.32. The Morgan fingerprint density at radius 1 is 1.50 bits per heavy atom. The van der Waals surface area contributed by atoms with E-state index in [9.17, 15) is 9.00 Å². The van der Waals surface area contributed by atoms with Gasteiger partial charge in [-0.15, -0.1) is 0 Å². The average Bonchev–Trinajstić information content (AvgIpc) is 2.14. The molecule has 1 heterocycles. The Morgan fingerprint density at radius 3 is 2.93 bits per heavy atom. The molecule has 0 saturated heterocycles. The third-order valence-electron chi connectivity index (χ3n) is 2.30. The van der Waals surface area contributed by atoms with Gasteiger partial charge in [0.15, 0.2) is 5.78 Å². The maximum atomic E-state index is 11.7. The van der Waals surface area contributed by atoms with Gasteiger partial charge in [-0.1, -0.05) is 18.5 Å². The summed E-state index contributed by atoms with van der Waals surface area (Å²) >= 11 is 5.79. The van der Waals surface area contributed by atoms with Crippen LogP contribution >= 0.6 is 11.6 Å². The normalized spacial score (nSPS) is 26.0. The predicted molar refractivity (Wildman–Crippen MR) is 56.2 cm³/mol. The van der Waals surface area contributed by atoms with Gasteiger partial charge in [-0.2, -0.15) is 0 Å². The maximum Gasteiger partial charge on any atom is 0.167 e. The Balaban J connectivity index is 2.62. The van der Waals surface area contributed by atoms with E-state index in [0.717, 1.165) is 0 Å². The van der Waals surface area contributed by atoms with Gasteiger partial charge in [0.1, 0.15) is 0 Å². The van der Waals surface area contributed by atoms with E-state index in [0.29, 0.717) is 21.2 Å². The number of carbonyl (C=O) groups is 1. The van der Waals surface area contributed by atoms with Gasteiger partial charge in [0.2, 0.25) is 0 Å². The molecule has 2 unspecified atom stereocenters. The summed E-state index contributed by atoms with van der Waals surface area (Å²) < 4.78 is 11.7. The lowest BCUT2D eigenvalue weighted by molar-refractivity contribution is 0.0935. The third-order valence-corrected chi connectivity index (χ3v) is 4.19. The van der Waals surface area contributed by atoms with E-state index in [4.69, 9.17) is 11.6 Å². The van der Waals surface area contributed by atoms with Crippen LogP contribution in [0.3, 0.4) is 0 Å². The highest BCUT2D eigenvalue weighted by Crippen LogP contribution is 2.27. The molecule has 2 nitrogen and oxygen atoms in total. The van der Waals surface area contributed by atoms with E-state index in [-0.39, 0.29) is 11.7 Å². The van der Waals surface area contributed by atoms with Gasteiger partial charge in [-0.25, -0.2) is 0 Å². The number of ketones is 1. The highest BCUT2D eigenvalue weighted by molar-refractivity contribution is 7.85. The van der Waals surface area contributed by atoms with Gasteiger partial charge in [-0.3, -0.25) is 9.00 Å². The van der Waals surface area contributed by atoms with Gasteiger partial charge in [0.25, 0.3) is 0 Å². The van der Waals surface area contributed by atoms with Crippen LogP contribution in [0, 0.1) is 5.92 Å². The minimum absolute atomic E-state index is 0.0436. The fraction of sp³-hybridized carbons (Fsp3) is 0.300. The lowest BCUT2D eigenvalue weighted by Gasteiger charge is -2.19. The molecule has 0 saturated carbocycles. The number of rotatable bonds is 0. The molecule has 0 bridgehead atoms. The van der Waals surface area contributed by atoms with Gasteiger partial charge in [0.05, 0.1) is 10.8 Å². The average molecular weight is 229 g/mol. The van der Waals surface area contributed by atoms with Crippen molar-refractivity contribution >= 4 is 28.2 Å². The smallest absolute Gasteiger partial charge is 0.167 e. The number of fused-ring (bicyclic) bond motifs is 1. The topological polar surface area (TPSA) is 34.1 Å². The van der Waals surface area contributed by atoms with E-state index in [1.165, 1.54) is 0 Å². The van der Waals surface area contributed by atoms with Crippen molar-refractivity contribution in [3.8, 4) is 0 Å². The summed E-state index contributed by atoms with van der Waals surface area (Å²) in [5, 5.41) is 0.517. The SMILES string of the molecule is CC1CS(=O)c2ccc(Cl)cc2C1=O. The molecule has 1 aliphatic rings. The van der Waals surface area contributed by atoms with Gasteiger partial charge >= 0.3 is 0 Å². The molecule has 2 rings (SSSR count). The standard InChI is InChI=1S/C10H9ClO2S/c1-6-5-14(13)9-3-2-7(11)4-8(9)10(6)12/h2-4,6H,5H2,1H3. The zero-order chi connectivity index (χ0) is 10.3. The van der Waals surface area contributed by atoms with Crippen molar-refractivity contribution in [3.63, 3.8) is 0 Å². The lowest BCUT2D eigenvalue weighted by Crippen LogP contribution is -2.25. The Morgan fingerprint density at radius 2 is 2.21 bits per heavy atom. The highest BCUT2D eigenvalue weighted by Gasteiger charge is 2.28. The number of halogens is 1. The molecular weight excluding hydrogens is 220 g/mol. The summed E-state index contributed by atoms with van der Waals surface area (Å²) in [5.74, 6) is 0.303. The Bertz CT molecular complexity index is 428. The number of Topliss-reactive ketones (excluding diaryl/α,β-unsaturated/α-hetero) is 1. The fourth-order valence-corrected chi connectivity index (χ4v) is 3.13. The van der Waals surface area contributed by atoms with E-state index in [2.05, 4.69) is 0 Å². The molecule has 0 aliphatic carbocycles. The molecule has 0 fully saturated rings. The molecule has 1 aliphatic heterocycles. The lowest BCUT2D eigenvalue weighted by atomic mass is 10.0. The molecule has 0 N–H and O–H groups in total. The molecule has 4 heteroatoms. The second-order valence-electron chi connectivity index (χ2n) is 3.42. The Labute approximate surface area is 89.7 Å². The van der Waals surface area contributed by atoms with Gasteiger partial charge in [-0.05, 0) is 18.2 Å². The van der Waals surface area contributed by atoms with Gasteiger partial charge < -0.3 is 0 Å². The van der Waals surface area contributed by atoms with Crippen LogP contribution in [0.2, 0.25) is 5.02 Å². The van der Waals surface area contributed by atoms with Crippen LogP contribution in [0.15, 0.2) is 23.1 Å². The van der Waals surface area contributed by atoms with Crippen molar-refractivity contribution in [2.24, 2.45) is 5.92 Å². The Hall–Kier alpha value is -0.670. The number of benzene rings is 1. The van der Waals surface area contributed by atoms with Crippen molar-refractivity contribution in [2.75, 3.05) is 5.75 Å². The quantitative estimate of drug-likeness (QED) is 0.683. The van der Waals surface area contributed by atoms with Crippen LogP contribution in [0.4, 0.5) is 0 Å². The zero-order valence-corrected chi connectivity index (χ0v) is 9.19. The van der Waals surface area contributed by atoms with Crippen molar-refractivity contribution in [1.29, 1.82) is 0 Å². The molecule has 2 atom stereocenters. The summed E-state index contributed by atoms with van der Waals surface area (Å²) in [7, 11) is -1.05. The maximum absolute atomic E-state index is 11.7. The van der Waals surface area contributed by atoms with E-state index < -0.39 is 10.8 Å². The second kappa shape index (κ2) is 3.48. The molecule has 1 aromatic rings. The van der Waals surface area contributed by atoms with Crippen molar-refractivity contribution in [2.45, 2.75) is 11.8 Å². The van der Waals surface area contributed by atoms with Crippen LogP contribution in [-0.4, -0.2) is 15.7 Å². The molecule has 0 amide bonds. The number of hydrogen-bond donors (Lipinski definition) is 0. The van der Waals surface area contributed by atoms with Crippen molar-refractivity contribution < 1.29 is 9.00 Å². The van der Waals surface area contributed by atoms with Crippen molar-refractivity contribution in [3.05, 3.63) is 28.8 Å². The predicted octanol–water partition coefficient (Wildman–Crippen LogP) is 2.28. The molecule has 1 aromatic carbocycles. The first-order valence-corrected chi connectivity index (χ1v) is 6.01. The monoisotopic (exact) mass is 228 g/mol.